The summed E-state index contributed by atoms with van der Waals surface area (Å²) in [6, 6.07) is 4.08. The first-order valence-electron chi connectivity index (χ1n) is 6.17. The molecule has 6 heteroatoms. The third kappa shape index (κ3) is 2.20. The molecule has 5 nitrogen and oxygen atoms in total. The second-order valence-electron chi connectivity index (χ2n) is 4.71. The van der Waals surface area contributed by atoms with E-state index in [0.29, 0.717) is 17.0 Å². The normalized spacial score (nSPS) is 11.0. The lowest BCUT2D eigenvalue weighted by Crippen LogP contribution is -1.96. The van der Waals surface area contributed by atoms with Crippen LogP contribution in [0.25, 0.3) is 11.2 Å². The van der Waals surface area contributed by atoms with Gasteiger partial charge in [-0.3, -0.25) is 0 Å². The Labute approximate surface area is 121 Å². The number of fused-ring (bicyclic) bond motifs is 1. The minimum atomic E-state index is 0.113. The highest BCUT2D eigenvalue weighted by atomic mass is 35.5. The van der Waals surface area contributed by atoms with Gasteiger partial charge in [-0.2, -0.15) is 9.97 Å². The highest BCUT2D eigenvalue weighted by Crippen LogP contribution is 2.30. The Balaban J connectivity index is 2.12. The van der Waals surface area contributed by atoms with Crippen molar-refractivity contribution in [3.63, 3.8) is 0 Å². The molecule has 1 aromatic carbocycles. The van der Waals surface area contributed by atoms with Crippen molar-refractivity contribution in [2.75, 3.05) is 0 Å². The Bertz CT molecular complexity index is 797. The predicted octanol–water partition coefficient (Wildman–Crippen LogP) is 3.72. The molecule has 2 heterocycles. The van der Waals surface area contributed by atoms with Crippen LogP contribution in [0.3, 0.4) is 0 Å². The van der Waals surface area contributed by atoms with Gasteiger partial charge in [0.15, 0.2) is 5.65 Å². The van der Waals surface area contributed by atoms with Gasteiger partial charge in [0.05, 0.1) is 6.33 Å². The number of nitrogens with zero attached hydrogens (tertiary/aromatic N) is 3. The number of hydrogen-bond donors (Lipinski definition) is 1. The van der Waals surface area contributed by atoms with Crippen molar-refractivity contribution in [1.82, 2.24) is 19.9 Å². The van der Waals surface area contributed by atoms with Crippen LogP contribution in [-0.2, 0) is 0 Å². The van der Waals surface area contributed by atoms with Gasteiger partial charge in [0, 0.05) is 0 Å². The van der Waals surface area contributed by atoms with E-state index in [9.17, 15) is 0 Å². The number of hydrogen-bond acceptors (Lipinski definition) is 4. The van der Waals surface area contributed by atoms with Gasteiger partial charge in [-0.25, -0.2) is 4.98 Å². The maximum atomic E-state index is 5.92. The second-order valence-corrected chi connectivity index (χ2v) is 5.04. The average molecular weight is 289 g/mol. The molecule has 1 N–H and O–H groups in total. The summed E-state index contributed by atoms with van der Waals surface area (Å²) in [6.07, 6.45) is 1.54. The summed E-state index contributed by atoms with van der Waals surface area (Å²) < 4.78 is 5.92. The summed E-state index contributed by atoms with van der Waals surface area (Å²) in [5.41, 5.74) is 4.48. The molecule has 0 spiro atoms. The number of nitrogens with one attached hydrogen (secondary N) is 1. The van der Waals surface area contributed by atoms with E-state index in [0.717, 1.165) is 16.9 Å². The molecule has 0 bridgehead atoms. The molecule has 0 fully saturated rings. The molecule has 0 atom stereocenters. The van der Waals surface area contributed by atoms with Gasteiger partial charge >= 0.3 is 0 Å². The quantitative estimate of drug-likeness (QED) is 0.730. The van der Waals surface area contributed by atoms with Crippen molar-refractivity contribution in [1.29, 1.82) is 0 Å². The van der Waals surface area contributed by atoms with E-state index in [4.69, 9.17) is 16.3 Å². The first-order valence-corrected chi connectivity index (χ1v) is 6.54. The fourth-order valence-corrected chi connectivity index (χ4v) is 2.22. The maximum absolute atomic E-state index is 5.92. The van der Waals surface area contributed by atoms with Crippen LogP contribution in [0.15, 0.2) is 18.5 Å². The lowest BCUT2D eigenvalue weighted by atomic mass is 10.1. The molecule has 3 aromatic rings. The molecule has 0 aliphatic heterocycles. The molecule has 2 aromatic heterocycles. The van der Waals surface area contributed by atoms with Gasteiger partial charge in [0.2, 0.25) is 11.2 Å². The zero-order chi connectivity index (χ0) is 14.3. The summed E-state index contributed by atoms with van der Waals surface area (Å²) in [5, 5.41) is 0.113. The van der Waals surface area contributed by atoms with Crippen LogP contribution in [0, 0.1) is 20.8 Å². The van der Waals surface area contributed by atoms with Crippen LogP contribution >= 0.6 is 11.6 Å². The van der Waals surface area contributed by atoms with Crippen molar-refractivity contribution in [2.24, 2.45) is 0 Å². The average Bonchev–Trinajstić information content (AvgIpc) is 2.83. The maximum Gasteiger partial charge on any atom is 0.250 e. The standard InChI is InChI=1S/C14H13ClN4O/c1-7-4-8(2)9(3)10(5-7)20-13-11-12(17-6-16-11)18-14(15)19-13/h4-6H,1-3H3,(H,16,17,18,19). The molecular weight excluding hydrogens is 276 g/mol. The van der Waals surface area contributed by atoms with Gasteiger partial charge < -0.3 is 9.72 Å². The van der Waals surface area contributed by atoms with Gasteiger partial charge in [-0.15, -0.1) is 0 Å². The number of rotatable bonds is 2. The molecule has 0 amide bonds. The topological polar surface area (TPSA) is 63.7 Å². The summed E-state index contributed by atoms with van der Waals surface area (Å²) in [5.74, 6) is 1.14. The molecule has 0 aliphatic carbocycles. The van der Waals surface area contributed by atoms with Crippen LogP contribution in [0.4, 0.5) is 0 Å². The summed E-state index contributed by atoms with van der Waals surface area (Å²) >= 11 is 5.89. The first kappa shape index (κ1) is 12.9. The monoisotopic (exact) mass is 288 g/mol. The van der Waals surface area contributed by atoms with Crippen molar-refractivity contribution < 1.29 is 4.74 Å². The fourth-order valence-electron chi connectivity index (χ4n) is 2.07. The van der Waals surface area contributed by atoms with E-state index in [1.165, 1.54) is 11.9 Å². The minimum Gasteiger partial charge on any atom is -0.437 e. The van der Waals surface area contributed by atoms with E-state index in [1.54, 1.807) is 0 Å². The van der Waals surface area contributed by atoms with E-state index in [2.05, 4.69) is 26.0 Å². The van der Waals surface area contributed by atoms with Gasteiger partial charge in [0.25, 0.3) is 0 Å². The highest BCUT2D eigenvalue weighted by Gasteiger charge is 2.13. The zero-order valence-corrected chi connectivity index (χ0v) is 12.1. The second kappa shape index (κ2) is 4.76. The fraction of sp³-hybridized carbons (Fsp3) is 0.214. The Kier molecular flexibility index (Phi) is 3.06. The van der Waals surface area contributed by atoms with Crippen molar-refractivity contribution >= 4 is 22.8 Å². The lowest BCUT2D eigenvalue weighted by Gasteiger charge is -2.11. The van der Waals surface area contributed by atoms with E-state index >= 15 is 0 Å². The van der Waals surface area contributed by atoms with Crippen molar-refractivity contribution in [3.8, 4) is 11.6 Å². The molecule has 0 aliphatic rings. The Hall–Kier alpha value is -2.14. The molecule has 0 saturated carbocycles. The lowest BCUT2D eigenvalue weighted by molar-refractivity contribution is 0.463. The van der Waals surface area contributed by atoms with Crippen LogP contribution in [0.5, 0.6) is 11.6 Å². The predicted molar refractivity (Wildman–Crippen MR) is 77.4 cm³/mol. The third-order valence-electron chi connectivity index (χ3n) is 3.20. The Morgan fingerprint density at radius 1 is 1.15 bits per heavy atom. The van der Waals surface area contributed by atoms with Crippen molar-refractivity contribution in [2.45, 2.75) is 20.8 Å². The van der Waals surface area contributed by atoms with Crippen LogP contribution in [0.2, 0.25) is 5.28 Å². The molecule has 0 saturated heterocycles. The molecule has 0 unspecified atom stereocenters. The van der Waals surface area contributed by atoms with Gasteiger partial charge in [-0.05, 0) is 55.1 Å². The largest absolute Gasteiger partial charge is 0.437 e. The number of aryl methyl sites for hydroxylation is 2. The highest BCUT2D eigenvalue weighted by molar-refractivity contribution is 6.28. The van der Waals surface area contributed by atoms with Crippen molar-refractivity contribution in [3.05, 3.63) is 40.4 Å². The smallest absolute Gasteiger partial charge is 0.250 e. The van der Waals surface area contributed by atoms with Gasteiger partial charge in [0.1, 0.15) is 11.3 Å². The number of H-pyrrole nitrogens is 1. The third-order valence-corrected chi connectivity index (χ3v) is 3.36. The number of imidazole rings is 1. The van der Waals surface area contributed by atoms with E-state index < -0.39 is 0 Å². The summed E-state index contributed by atoms with van der Waals surface area (Å²) in [6.45, 7) is 6.09. The number of ether oxygens (including phenoxy) is 1. The minimum absolute atomic E-state index is 0.113. The number of benzene rings is 1. The van der Waals surface area contributed by atoms with E-state index in [1.807, 2.05) is 26.8 Å². The summed E-state index contributed by atoms with van der Waals surface area (Å²) in [4.78, 5) is 15.2. The van der Waals surface area contributed by atoms with Gasteiger partial charge in [-0.1, -0.05) is 6.07 Å². The SMILES string of the molecule is Cc1cc(C)c(C)c(Oc2nc(Cl)nc3nc[nH]c23)c1. The zero-order valence-electron chi connectivity index (χ0n) is 11.4. The van der Waals surface area contributed by atoms with E-state index in [-0.39, 0.29) is 5.28 Å². The summed E-state index contributed by atoms with van der Waals surface area (Å²) in [7, 11) is 0. The first-order chi connectivity index (χ1) is 9.54. The Morgan fingerprint density at radius 3 is 2.75 bits per heavy atom. The number of aromatic amines is 1. The molecule has 0 radical (unpaired) electrons. The molecular formula is C14H13ClN4O. The number of aromatic nitrogens is 4. The molecule has 3 rings (SSSR count). The van der Waals surface area contributed by atoms with Crippen LogP contribution < -0.4 is 4.74 Å². The Morgan fingerprint density at radius 2 is 1.95 bits per heavy atom. The molecule has 102 valence electrons. The molecule has 20 heavy (non-hydrogen) atoms. The van der Waals surface area contributed by atoms with Crippen LogP contribution in [0.1, 0.15) is 16.7 Å². The van der Waals surface area contributed by atoms with Crippen LogP contribution in [-0.4, -0.2) is 19.9 Å². The number of halogens is 1.